The molecule has 2 rings (SSSR count). The number of aliphatic hydroxyl groups excluding tert-OH is 1. The van der Waals surface area contributed by atoms with E-state index in [9.17, 15) is 13.5 Å². The van der Waals surface area contributed by atoms with Crippen molar-refractivity contribution in [3.63, 3.8) is 0 Å². The van der Waals surface area contributed by atoms with Crippen molar-refractivity contribution in [1.29, 1.82) is 0 Å². The van der Waals surface area contributed by atoms with E-state index in [1.807, 2.05) is 31.2 Å². The largest absolute Gasteiger partial charge is 0.393 e. The summed E-state index contributed by atoms with van der Waals surface area (Å²) in [5.41, 5.74) is 0. The quantitative estimate of drug-likeness (QED) is 0.858. The summed E-state index contributed by atoms with van der Waals surface area (Å²) in [5.74, 6) is 0. The zero-order chi connectivity index (χ0) is 14.6. The van der Waals surface area contributed by atoms with Crippen LogP contribution >= 0.6 is 0 Å². The van der Waals surface area contributed by atoms with E-state index >= 15 is 0 Å². The zero-order valence-electron chi connectivity index (χ0n) is 11.4. The Kier molecular flexibility index (Phi) is 4.75. The second-order valence-electron chi connectivity index (χ2n) is 4.76. The van der Waals surface area contributed by atoms with Crippen LogP contribution in [0, 0.1) is 0 Å². The molecule has 20 heavy (non-hydrogen) atoms. The lowest BCUT2D eigenvalue weighted by atomic mass is 10.1. The summed E-state index contributed by atoms with van der Waals surface area (Å²) in [5, 5.41) is 11.3. The van der Waals surface area contributed by atoms with Crippen molar-refractivity contribution < 1.29 is 13.5 Å². The normalized spacial score (nSPS) is 13.5. The second-order valence-corrected chi connectivity index (χ2v) is 6.52. The first-order valence-electron chi connectivity index (χ1n) is 6.69. The number of hydrogen-bond acceptors (Lipinski definition) is 3. The molecule has 108 valence electrons. The van der Waals surface area contributed by atoms with Crippen LogP contribution in [0.3, 0.4) is 0 Å². The average Bonchev–Trinajstić information content (AvgIpc) is 2.46. The molecule has 0 heterocycles. The molecule has 0 spiro atoms. The molecule has 0 bridgehead atoms. The highest BCUT2D eigenvalue weighted by Crippen LogP contribution is 2.18. The summed E-state index contributed by atoms with van der Waals surface area (Å²) < 4.78 is 26.8. The van der Waals surface area contributed by atoms with Gasteiger partial charge in [0.25, 0.3) is 0 Å². The van der Waals surface area contributed by atoms with Gasteiger partial charge in [-0.25, -0.2) is 13.1 Å². The van der Waals surface area contributed by atoms with Gasteiger partial charge in [-0.05, 0) is 35.7 Å². The van der Waals surface area contributed by atoms with Gasteiger partial charge >= 0.3 is 0 Å². The molecule has 0 aliphatic rings. The molecule has 0 radical (unpaired) electrons. The van der Waals surface area contributed by atoms with Crippen LogP contribution in [0.2, 0.25) is 0 Å². The van der Waals surface area contributed by atoms with Gasteiger partial charge in [0.1, 0.15) is 0 Å². The van der Waals surface area contributed by atoms with Crippen molar-refractivity contribution in [2.75, 3.05) is 6.54 Å². The maximum absolute atomic E-state index is 12.2. The van der Waals surface area contributed by atoms with E-state index in [2.05, 4.69) is 4.72 Å². The molecule has 0 saturated heterocycles. The van der Waals surface area contributed by atoms with E-state index < -0.39 is 16.1 Å². The first-order chi connectivity index (χ1) is 9.53. The molecular formula is C15H19NO3S. The third kappa shape index (κ3) is 3.56. The Balaban J connectivity index is 2.15. The molecular weight excluding hydrogens is 274 g/mol. The number of aliphatic hydroxyl groups is 1. The van der Waals surface area contributed by atoms with E-state index in [0.29, 0.717) is 12.8 Å². The Hall–Kier alpha value is -1.43. The SMILES string of the molecule is CCC(O)CCNS(=O)(=O)c1ccc2ccccc2c1. The summed E-state index contributed by atoms with van der Waals surface area (Å²) >= 11 is 0. The van der Waals surface area contributed by atoms with E-state index in [4.69, 9.17) is 0 Å². The predicted octanol–water partition coefficient (Wildman–Crippen LogP) is 2.28. The van der Waals surface area contributed by atoms with E-state index in [-0.39, 0.29) is 11.4 Å². The predicted molar refractivity (Wildman–Crippen MR) is 80.1 cm³/mol. The Morgan fingerprint density at radius 2 is 1.85 bits per heavy atom. The van der Waals surface area contributed by atoms with Gasteiger partial charge in [0.2, 0.25) is 10.0 Å². The monoisotopic (exact) mass is 293 g/mol. The molecule has 1 atom stereocenters. The molecule has 0 fully saturated rings. The minimum atomic E-state index is -3.52. The number of nitrogens with one attached hydrogen (secondary N) is 1. The van der Waals surface area contributed by atoms with Crippen LogP contribution in [-0.4, -0.2) is 26.2 Å². The summed E-state index contributed by atoms with van der Waals surface area (Å²) in [7, 11) is -3.52. The fourth-order valence-electron chi connectivity index (χ4n) is 1.98. The number of hydrogen-bond donors (Lipinski definition) is 2. The number of fused-ring (bicyclic) bond motifs is 1. The summed E-state index contributed by atoms with van der Waals surface area (Å²) in [6, 6.07) is 12.7. The van der Waals surface area contributed by atoms with Crippen LogP contribution in [0.5, 0.6) is 0 Å². The molecule has 0 aliphatic carbocycles. The molecule has 2 N–H and O–H groups in total. The van der Waals surface area contributed by atoms with Crippen molar-refractivity contribution in [3.8, 4) is 0 Å². The van der Waals surface area contributed by atoms with Gasteiger partial charge in [0.05, 0.1) is 11.0 Å². The van der Waals surface area contributed by atoms with Crippen molar-refractivity contribution in [2.45, 2.75) is 30.8 Å². The van der Waals surface area contributed by atoms with Gasteiger partial charge in [0.15, 0.2) is 0 Å². The van der Waals surface area contributed by atoms with Crippen LogP contribution in [0.25, 0.3) is 10.8 Å². The van der Waals surface area contributed by atoms with Crippen LogP contribution < -0.4 is 4.72 Å². The van der Waals surface area contributed by atoms with E-state index in [0.717, 1.165) is 10.8 Å². The molecule has 1 unspecified atom stereocenters. The van der Waals surface area contributed by atoms with Crippen LogP contribution in [0.15, 0.2) is 47.4 Å². The smallest absolute Gasteiger partial charge is 0.240 e. The maximum atomic E-state index is 12.2. The fourth-order valence-corrected chi connectivity index (χ4v) is 3.06. The zero-order valence-corrected chi connectivity index (χ0v) is 12.2. The summed E-state index contributed by atoms with van der Waals surface area (Å²) in [6.45, 7) is 2.10. The van der Waals surface area contributed by atoms with Gasteiger partial charge in [0, 0.05) is 6.54 Å². The summed E-state index contributed by atoms with van der Waals surface area (Å²) in [4.78, 5) is 0.252. The third-order valence-electron chi connectivity index (χ3n) is 3.27. The second kappa shape index (κ2) is 6.35. The Labute approximate surface area is 119 Å². The van der Waals surface area contributed by atoms with Gasteiger partial charge in [-0.3, -0.25) is 0 Å². The van der Waals surface area contributed by atoms with Crippen molar-refractivity contribution in [1.82, 2.24) is 4.72 Å². The molecule has 0 aromatic heterocycles. The highest BCUT2D eigenvalue weighted by molar-refractivity contribution is 7.89. The van der Waals surface area contributed by atoms with Crippen LogP contribution in [-0.2, 0) is 10.0 Å². The molecule has 4 nitrogen and oxygen atoms in total. The van der Waals surface area contributed by atoms with Gasteiger partial charge in [-0.15, -0.1) is 0 Å². The van der Waals surface area contributed by atoms with Crippen LogP contribution in [0.4, 0.5) is 0 Å². The van der Waals surface area contributed by atoms with Crippen LogP contribution in [0.1, 0.15) is 19.8 Å². The lowest BCUT2D eigenvalue weighted by Crippen LogP contribution is -2.27. The summed E-state index contributed by atoms with van der Waals surface area (Å²) in [6.07, 6.45) is 0.579. The number of sulfonamides is 1. The fraction of sp³-hybridized carbons (Fsp3) is 0.333. The Morgan fingerprint density at radius 1 is 1.15 bits per heavy atom. The highest BCUT2D eigenvalue weighted by Gasteiger charge is 2.14. The lowest BCUT2D eigenvalue weighted by Gasteiger charge is -2.10. The molecule has 0 amide bonds. The van der Waals surface area contributed by atoms with Gasteiger partial charge in [-0.1, -0.05) is 37.3 Å². The van der Waals surface area contributed by atoms with Gasteiger partial charge in [-0.2, -0.15) is 0 Å². The maximum Gasteiger partial charge on any atom is 0.240 e. The molecule has 0 saturated carbocycles. The minimum absolute atomic E-state index is 0.240. The Bertz CT molecular complexity index is 682. The molecule has 2 aromatic carbocycles. The van der Waals surface area contributed by atoms with Crippen molar-refractivity contribution in [3.05, 3.63) is 42.5 Å². The highest BCUT2D eigenvalue weighted by atomic mass is 32.2. The lowest BCUT2D eigenvalue weighted by molar-refractivity contribution is 0.162. The van der Waals surface area contributed by atoms with Crippen molar-refractivity contribution in [2.24, 2.45) is 0 Å². The van der Waals surface area contributed by atoms with E-state index in [1.54, 1.807) is 18.2 Å². The topological polar surface area (TPSA) is 66.4 Å². The van der Waals surface area contributed by atoms with Crippen molar-refractivity contribution >= 4 is 20.8 Å². The third-order valence-corrected chi connectivity index (χ3v) is 4.73. The standard InChI is InChI=1S/C15H19NO3S/c1-2-14(17)9-10-16-20(18,19)15-8-7-12-5-3-4-6-13(12)11-15/h3-8,11,14,16-17H,2,9-10H2,1H3. The molecule has 0 aliphatic heterocycles. The first-order valence-corrected chi connectivity index (χ1v) is 8.18. The first kappa shape index (κ1) is 15.0. The number of rotatable bonds is 6. The Morgan fingerprint density at radius 3 is 2.55 bits per heavy atom. The van der Waals surface area contributed by atoms with Gasteiger partial charge < -0.3 is 5.11 Å². The molecule has 2 aromatic rings. The average molecular weight is 293 g/mol. The minimum Gasteiger partial charge on any atom is -0.393 e. The molecule has 5 heteroatoms. The number of benzene rings is 2. The van der Waals surface area contributed by atoms with E-state index in [1.165, 1.54) is 0 Å².